The number of ether oxygens (including phenoxy) is 2. The first-order valence-electron chi connectivity index (χ1n) is 8.56. The summed E-state index contributed by atoms with van der Waals surface area (Å²) >= 11 is 0. The molecular weight excluding hydrogens is 346 g/mol. The molecule has 0 aromatic heterocycles. The van der Waals surface area contributed by atoms with E-state index in [2.05, 4.69) is 5.32 Å². The number of rotatable bonds is 8. The molecule has 0 fully saturated rings. The maximum atomic E-state index is 11.3. The molecule has 0 radical (unpaired) electrons. The van der Waals surface area contributed by atoms with Crippen molar-refractivity contribution < 1.29 is 24.2 Å². The van der Waals surface area contributed by atoms with Crippen LogP contribution in [0, 0.1) is 6.92 Å². The van der Waals surface area contributed by atoms with E-state index in [1.165, 1.54) is 18.6 Å². The van der Waals surface area contributed by atoms with Gasteiger partial charge in [-0.1, -0.05) is 35.9 Å². The highest BCUT2D eigenvalue weighted by atomic mass is 16.5. The summed E-state index contributed by atoms with van der Waals surface area (Å²) < 4.78 is 11.5. The van der Waals surface area contributed by atoms with Gasteiger partial charge in [0.25, 0.3) is 0 Å². The Bertz CT molecular complexity index is 840. The summed E-state index contributed by atoms with van der Waals surface area (Å²) in [6, 6.07) is 13.1. The van der Waals surface area contributed by atoms with Crippen molar-refractivity contribution in [1.29, 1.82) is 0 Å². The molecule has 2 rings (SSSR count). The van der Waals surface area contributed by atoms with E-state index in [1.807, 2.05) is 38.1 Å². The quantitative estimate of drug-likeness (QED) is 0.695. The lowest BCUT2D eigenvalue weighted by Gasteiger charge is -2.13. The Hall–Kier alpha value is -3.28. The molecule has 0 aliphatic rings. The van der Waals surface area contributed by atoms with Crippen LogP contribution in [-0.4, -0.2) is 23.6 Å². The van der Waals surface area contributed by atoms with Crippen molar-refractivity contribution in [3.63, 3.8) is 0 Å². The topological polar surface area (TPSA) is 84.9 Å². The summed E-state index contributed by atoms with van der Waals surface area (Å²) in [5.41, 5.74) is 2.58. The first kappa shape index (κ1) is 20.0. The Morgan fingerprint density at radius 2 is 1.78 bits per heavy atom. The van der Waals surface area contributed by atoms with E-state index in [4.69, 9.17) is 9.47 Å². The van der Waals surface area contributed by atoms with Gasteiger partial charge in [-0.3, -0.25) is 4.79 Å². The molecule has 0 heterocycles. The molecule has 0 aliphatic heterocycles. The van der Waals surface area contributed by atoms with E-state index in [1.54, 1.807) is 18.2 Å². The van der Waals surface area contributed by atoms with Crippen LogP contribution in [0.15, 0.2) is 48.2 Å². The fraction of sp³-hybridized carbons (Fsp3) is 0.238. The molecule has 6 nitrogen and oxygen atoms in total. The van der Waals surface area contributed by atoms with Crippen LogP contribution in [0.3, 0.4) is 0 Å². The van der Waals surface area contributed by atoms with Crippen molar-refractivity contribution in [1.82, 2.24) is 5.32 Å². The Morgan fingerprint density at radius 1 is 1.07 bits per heavy atom. The van der Waals surface area contributed by atoms with Gasteiger partial charge in [0.1, 0.15) is 12.3 Å². The first-order valence-corrected chi connectivity index (χ1v) is 8.56. The number of amides is 1. The molecule has 27 heavy (non-hydrogen) atoms. The molecule has 1 amide bonds. The van der Waals surface area contributed by atoms with Crippen molar-refractivity contribution >= 4 is 18.0 Å². The molecule has 0 atom stereocenters. The lowest BCUT2D eigenvalue weighted by atomic mass is 10.1. The summed E-state index contributed by atoms with van der Waals surface area (Å²) in [6.07, 6.45) is 1.37. The van der Waals surface area contributed by atoms with Gasteiger partial charge >= 0.3 is 5.97 Å². The van der Waals surface area contributed by atoms with E-state index < -0.39 is 11.9 Å². The maximum absolute atomic E-state index is 11.3. The van der Waals surface area contributed by atoms with Crippen LogP contribution in [-0.2, 0) is 16.2 Å². The minimum Gasteiger partial charge on any atom is -0.490 e. The number of aryl methyl sites for hydroxylation is 1. The third kappa shape index (κ3) is 6.18. The SMILES string of the molecule is CCOc1cc(/C=C(/NC(C)=O)C(=O)O)ccc1OCc1ccc(C)cc1. The average molecular weight is 369 g/mol. The number of carbonyl (C=O) groups is 2. The van der Waals surface area contributed by atoms with Gasteiger partial charge in [0.2, 0.25) is 5.91 Å². The number of hydrogen-bond acceptors (Lipinski definition) is 4. The molecule has 0 spiro atoms. The summed E-state index contributed by atoms with van der Waals surface area (Å²) in [4.78, 5) is 22.4. The highest BCUT2D eigenvalue weighted by Gasteiger charge is 2.11. The van der Waals surface area contributed by atoms with Crippen LogP contribution in [0.4, 0.5) is 0 Å². The largest absolute Gasteiger partial charge is 0.490 e. The Morgan fingerprint density at radius 3 is 2.37 bits per heavy atom. The third-order valence-corrected chi connectivity index (χ3v) is 3.63. The number of carboxylic acids is 1. The highest BCUT2D eigenvalue weighted by molar-refractivity contribution is 5.96. The first-order chi connectivity index (χ1) is 12.9. The zero-order valence-corrected chi connectivity index (χ0v) is 15.6. The normalized spacial score (nSPS) is 11.0. The monoisotopic (exact) mass is 369 g/mol. The molecule has 0 aliphatic carbocycles. The minimum absolute atomic E-state index is 0.210. The summed E-state index contributed by atoms with van der Waals surface area (Å²) in [5.74, 6) is -0.605. The van der Waals surface area contributed by atoms with E-state index in [9.17, 15) is 14.7 Å². The number of carbonyl (C=O) groups excluding carboxylic acids is 1. The molecule has 2 N–H and O–H groups in total. The molecule has 0 saturated carbocycles. The van der Waals surface area contributed by atoms with Gasteiger partial charge < -0.3 is 19.9 Å². The summed E-state index contributed by atoms with van der Waals surface area (Å²) in [6.45, 7) is 5.96. The second kappa shape index (κ2) is 9.43. The van der Waals surface area contributed by atoms with Gasteiger partial charge in [0.05, 0.1) is 6.61 Å². The second-order valence-corrected chi connectivity index (χ2v) is 5.96. The van der Waals surface area contributed by atoms with Crippen molar-refractivity contribution in [3.8, 4) is 11.5 Å². The van der Waals surface area contributed by atoms with Crippen LogP contribution in [0.1, 0.15) is 30.5 Å². The maximum Gasteiger partial charge on any atom is 0.352 e. The zero-order valence-electron chi connectivity index (χ0n) is 15.6. The minimum atomic E-state index is -1.22. The molecular formula is C21H23NO5. The molecule has 0 bridgehead atoms. The predicted molar refractivity (Wildman–Crippen MR) is 103 cm³/mol. The molecule has 6 heteroatoms. The molecule has 2 aromatic carbocycles. The Balaban J connectivity index is 2.23. The number of nitrogens with one attached hydrogen (secondary N) is 1. The summed E-state index contributed by atoms with van der Waals surface area (Å²) in [5, 5.41) is 11.5. The van der Waals surface area contributed by atoms with Gasteiger partial charge in [-0.15, -0.1) is 0 Å². The van der Waals surface area contributed by atoms with Gasteiger partial charge in [0, 0.05) is 6.92 Å². The Kier molecular flexibility index (Phi) is 7.00. The number of benzene rings is 2. The fourth-order valence-electron chi connectivity index (χ4n) is 2.35. The van der Waals surface area contributed by atoms with E-state index in [-0.39, 0.29) is 5.70 Å². The lowest BCUT2D eigenvalue weighted by molar-refractivity contribution is -0.134. The molecule has 0 saturated heterocycles. The van der Waals surface area contributed by atoms with Crippen molar-refractivity contribution in [2.75, 3.05) is 6.61 Å². The van der Waals surface area contributed by atoms with Crippen LogP contribution in [0.2, 0.25) is 0 Å². The van der Waals surface area contributed by atoms with E-state index in [0.29, 0.717) is 30.3 Å². The zero-order chi connectivity index (χ0) is 19.8. The van der Waals surface area contributed by atoms with Crippen molar-refractivity contribution in [2.24, 2.45) is 0 Å². The molecule has 0 unspecified atom stereocenters. The fourth-order valence-corrected chi connectivity index (χ4v) is 2.35. The van der Waals surface area contributed by atoms with Gasteiger partial charge in [-0.2, -0.15) is 0 Å². The third-order valence-electron chi connectivity index (χ3n) is 3.63. The van der Waals surface area contributed by atoms with E-state index >= 15 is 0 Å². The standard InChI is InChI=1S/C21H23NO5/c1-4-26-20-12-17(11-18(21(24)25)22-15(3)23)9-10-19(20)27-13-16-7-5-14(2)6-8-16/h5-12H,4,13H2,1-3H3,(H,22,23)(H,24,25)/b18-11+. The van der Waals surface area contributed by atoms with Gasteiger partial charge in [0.15, 0.2) is 11.5 Å². The molecule has 2 aromatic rings. The number of carboxylic acid groups (broad SMARTS) is 1. The second-order valence-electron chi connectivity index (χ2n) is 5.96. The molecule has 142 valence electrons. The summed E-state index contributed by atoms with van der Waals surface area (Å²) in [7, 11) is 0. The number of aliphatic carboxylic acids is 1. The van der Waals surface area contributed by atoms with Gasteiger partial charge in [-0.05, 0) is 43.2 Å². The van der Waals surface area contributed by atoms with Crippen molar-refractivity contribution in [2.45, 2.75) is 27.4 Å². The van der Waals surface area contributed by atoms with Crippen molar-refractivity contribution in [3.05, 3.63) is 64.9 Å². The highest BCUT2D eigenvalue weighted by Crippen LogP contribution is 2.30. The lowest BCUT2D eigenvalue weighted by Crippen LogP contribution is -2.24. The Labute approximate surface area is 158 Å². The van der Waals surface area contributed by atoms with E-state index in [0.717, 1.165) is 5.56 Å². The van der Waals surface area contributed by atoms with Crippen LogP contribution < -0.4 is 14.8 Å². The number of hydrogen-bond donors (Lipinski definition) is 2. The predicted octanol–water partition coefficient (Wildman–Crippen LogP) is 3.53. The van der Waals surface area contributed by atoms with Gasteiger partial charge in [-0.25, -0.2) is 4.79 Å². The average Bonchev–Trinajstić information content (AvgIpc) is 2.61. The smallest absolute Gasteiger partial charge is 0.352 e. The van der Waals surface area contributed by atoms with Crippen LogP contribution in [0.5, 0.6) is 11.5 Å². The van der Waals surface area contributed by atoms with Crippen LogP contribution >= 0.6 is 0 Å². The van der Waals surface area contributed by atoms with Crippen LogP contribution in [0.25, 0.3) is 6.08 Å².